The van der Waals surface area contributed by atoms with Crippen LogP contribution in [0.3, 0.4) is 0 Å². The van der Waals surface area contributed by atoms with Crippen LogP contribution in [0, 0.1) is 39.5 Å². The molecule has 0 aliphatic heterocycles. The summed E-state index contributed by atoms with van der Waals surface area (Å²) in [5.41, 5.74) is 6.15. The van der Waals surface area contributed by atoms with Crippen LogP contribution in [-0.4, -0.2) is 11.8 Å². The van der Waals surface area contributed by atoms with E-state index in [9.17, 15) is 9.59 Å². The smallest absolute Gasteiger partial charge is 0.227 e. The van der Waals surface area contributed by atoms with E-state index in [1.807, 2.05) is 64.1 Å². The van der Waals surface area contributed by atoms with Crippen molar-refractivity contribution in [2.45, 2.75) is 53.4 Å². The van der Waals surface area contributed by atoms with Crippen molar-refractivity contribution in [3.63, 3.8) is 0 Å². The predicted molar refractivity (Wildman–Crippen MR) is 115 cm³/mol. The van der Waals surface area contributed by atoms with E-state index in [0.717, 1.165) is 59.3 Å². The van der Waals surface area contributed by atoms with Crippen LogP contribution in [0.4, 0.5) is 11.4 Å². The highest BCUT2D eigenvalue weighted by Gasteiger charge is 2.30. The van der Waals surface area contributed by atoms with E-state index >= 15 is 0 Å². The van der Waals surface area contributed by atoms with E-state index in [1.54, 1.807) is 0 Å². The molecule has 0 heterocycles. The van der Waals surface area contributed by atoms with Crippen LogP contribution in [0.5, 0.6) is 0 Å². The Morgan fingerprint density at radius 1 is 0.643 bits per heavy atom. The highest BCUT2D eigenvalue weighted by Crippen LogP contribution is 2.32. The second-order valence-corrected chi connectivity index (χ2v) is 8.06. The number of anilines is 2. The minimum Gasteiger partial charge on any atom is -0.325 e. The molecule has 1 fully saturated rings. The van der Waals surface area contributed by atoms with Crippen molar-refractivity contribution in [2.24, 2.45) is 11.8 Å². The van der Waals surface area contributed by atoms with Gasteiger partial charge < -0.3 is 10.6 Å². The molecule has 0 bridgehead atoms. The topological polar surface area (TPSA) is 58.2 Å². The monoisotopic (exact) mass is 378 g/mol. The molecule has 0 spiro atoms. The molecule has 2 aromatic carbocycles. The fraction of sp³-hybridized carbons (Fsp3) is 0.417. The van der Waals surface area contributed by atoms with Crippen LogP contribution < -0.4 is 10.6 Å². The molecule has 1 aliphatic carbocycles. The Bertz CT molecular complexity index is 766. The highest BCUT2D eigenvalue weighted by molar-refractivity contribution is 5.96. The summed E-state index contributed by atoms with van der Waals surface area (Å²) in [5.74, 6) is 0.100. The van der Waals surface area contributed by atoms with E-state index in [-0.39, 0.29) is 23.7 Å². The third-order valence-corrected chi connectivity index (χ3v) is 5.93. The summed E-state index contributed by atoms with van der Waals surface area (Å²) in [6.45, 7) is 8.05. The molecule has 1 aliphatic rings. The van der Waals surface area contributed by atoms with Crippen LogP contribution in [-0.2, 0) is 9.59 Å². The average Bonchev–Trinajstić information content (AvgIpc) is 2.67. The molecule has 0 unspecified atom stereocenters. The lowest BCUT2D eigenvalue weighted by Crippen LogP contribution is -2.32. The lowest BCUT2D eigenvalue weighted by Gasteiger charge is -2.28. The molecule has 2 N–H and O–H groups in total. The Labute approximate surface area is 167 Å². The molecule has 4 heteroatoms. The summed E-state index contributed by atoms with van der Waals surface area (Å²) < 4.78 is 0. The normalized spacial score (nSPS) is 19.1. The number of rotatable bonds is 4. The molecule has 2 aromatic rings. The molecule has 2 amide bonds. The predicted octanol–water partition coefficient (Wildman–Crippen LogP) is 5.30. The number of benzene rings is 2. The van der Waals surface area contributed by atoms with Crippen molar-refractivity contribution in [3.8, 4) is 0 Å². The zero-order valence-electron chi connectivity index (χ0n) is 17.3. The molecule has 1 saturated carbocycles. The van der Waals surface area contributed by atoms with Crippen LogP contribution in [0.1, 0.15) is 47.9 Å². The van der Waals surface area contributed by atoms with Gasteiger partial charge in [0.15, 0.2) is 0 Å². The number of carbonyl (C=O) groups excluding carboxylic acids is 2. The second-order valence-electron chi connectivity index (χ2n) is 8.06. The molecule has 0 saturated heterocycles. The Morgan fingerprint density at radius 2 is 0.929 bits per heavy atom. The third-order valence-electron chi connectivity index (χ3n) is 5.93. The standard InChI is InChI=1S/C24H30N2O2/c1-15-7-5-8-16(2)21(15)25-23(27)19-11-13-20(14-12-19)24(28)26-22-17(3)9-6-10-18(22)4/h5-10,19-20H,11-14H2,1-4H3,(H,25,27)(H,26,28). The maximum atomic E-state index is 12.7. The van der Waals surface area contributed by atoms with E-state index in [0.29, 0.717) is 0 Å². The van der Waals surface area contributed by atoms with E-state index in [1.165, 1.54) is 0 Å². The molecular formula is C24H30N2O2. The lowest BCUT2D eigenvalue weighted by atomic mass is 9.81. The van der Waals surface area contributed by atoms with Gasteiger partial charge in [-0.1, -0.05) is 36.4 Å². The SMILES string of the molecule is Cc1cccc(C)c1NC(=O)C1CCC(C(=O)Nc2c(C)cccc2C)CC1. The molecule has 148 valence electrons. The van der Waals surface area contributed by atoms with Gasteiger partial charge in [-0.15, -0.1) is 0 Å². The maximum Gasteiger partial charge on any atom is 0.227 e. The highest BCUT2D eigenvalue weighted by atomic mass is 16.2. The van der Waals surface area contributed by atoms with Crippen molar-refractivity contribution < 1.29 is 9.59 Å². The molecule has 0 aromatic heterocycles. The first-order valence-corrected chi connectivity index (χ1v) is 10.1. The van der Waals surface area contributed by atoms with Gasteiger partial charge in [0.2, 0.25) is 11.8 Å². The van der Waals surface area contributed by atoms with E-state index in [2.05, 4.69) is 10.6 Å². The van der Waals surface area contributed by atoms with Crippen molar-refractivity contribution >= 4 is 23.2 Å². The summed E-state index contributed by atoms with van der Waals surface area (Å²) in [6, 6.07) is 12.0. The molecule has 28 heavy (non-hydrogen) atoms. The zero-order chi connectivity index (χ0) is 20.3. The van der Waals surface area contributed by atoms with Crippen molar-refractivity contribution in [1.82, 2.24) is 0 Å². The van der Waals surface area contributed by atoms with E-state index in [4.69, 9.17) is 0 Å². The van der Waals surface area contributed by atoms with Gasteiger partial charge in [-0.05, 0) is 75.6 Å². The zero-order valence-corrected chi connectivity index (χ0v) is 17.3. The number of hydrogen-bond donors (Lipinski definition) is 2. The largest absolute Gasteiger partial charge is 0.325 e. The summed E-state index contributed by atoms with van der Waals surface area (Å²) in [7, 11) is 0. The van der Waals surface area contributed by atoms with Crippen LogP contribution in [0.25, 0.3) is 0 Å². The molecule has 4 nitrogen and oxygen atoms in total. The minimum atomic E-state index is -0.0248. The lowest BCUT2D eigenvalue weighted by molar-refractivity contribution is -0.125. The Hall–Kier alpha value is -2.62. The first-order chi connectivity index (χ1) is 13.4. The number of aryl methyl sites for hydroxylation is 4. The Balaban J connectivity index is 1.57. The summed E-state index contributed by atoms with van der Waals surface area (Å²) in [5, 5.41) is 6.22. The number of carbonyl (C=O) groups is 2. The fourth-order valence-electron chi connectivity index (χ4n) is 4.09. The third kappa shape index (κ3) is 4.44. The number of hydrogen-bond acceptors (Lipinski definition) is 2. The summed E-state index contributed by atoms with van der Waals surface area (Å²) >= 11 is 0. The van der Waals surface area contributed by atoms with Crippen LogP contribution >= 0.6 is 0 Å². The van der Waals surface area contributed by atoms with Crippen molar-refractivity contribution in [3.05, 3.63) is 58.7 Å². The van der Waals surface area contributed by atoms with Crippen molar-refractivity contribution in [1.29, 1.82) is 0 Å². The molecule has 0 atom stereocenters. The Morgan fingerprint density at radius 3 is 1.21 bits per heavy atom. The quantitative estimate of drug-likeness (QED) is 0.758. The first kappa shape index (κ1) is 20.1. The second kappa shape index (κ2) is 8.59. The van der Waals surface area contributed by atoms with Gasteiger partial charge in [-0.2, -0.15) is 0 Å². The van der Waals surface area contributed by atoms with E-state index < -0.39 is 0 Å². The number of amides is 2. The number of nitrogens with one attached hydrogen (secondary N) is 2. The van der Waals surface area contributed by atoms with Gasteiger partial charge in [0.1, 0.15) is 0 Å². The van der Waals surface area contributed by atoms with Gasteiger partial charge in [0.05, 0.1) is 0 Å². The van der Waals surface area contributed by atoms with Gasteiger partial charge in [-0.3, -0.25) is 9.59 Å². The van der Waals surface area contributed by atoms with Gasteiger partial charge in [-0.25, -0.2) is 0 Å². The maximum absolute atomic E-state index is 12.7. The van der Waals surface area contributed by atoms with Gasteiger partial charge in [0.25, 0.3) is 0 Å². The fourth-order valence-corrected chi connectivity index (χ4v) is 4.09. The van der Waals surface area contributed by atoms with Crippen LogP contribution in [0.15, 0.2) is 36.4 Å². The Kier molecular flexibility index (Phi) is 6.18. The van der Waals surface area contributed by atoms with Crippen LogP contribution in [0.2, 0.25) is 0 Å². The van der Waals surface area contributed by atoms with Crippen molar-refractivity contribution in [2.75, 3.05) is 10.6 Å². The molecule has 3 rings (SSSR count). The summed E-state index contributed by atoms with van der Waals surface area (Å²) in [4.78, 5) is 25.4. The molecular weight excluding hydrogens is 348 g/mol. The number of para-hydroxylation sites is 2. The summed E-state index contributed by atoms with van der Waals surface area (Å²) in [6.07, 6.45) is 3.01. The van der Waals surface area contributed by atoms with Gasteiger partial charge >= 0.3 is 0 Å². The minimum absolute atomic E-state index is 0.0248. The molecule has 0 radical (unpaired) electrons. The average molecular weight is 379 g/mol. The van der Waals surface area contributed by atoms with Gasteiger partial charge in [0, 0.05) is 23.2 Å². The first-order valence-electron chi connectivity index (χ1n) is 10.1.